The number of hydrogen-bond donors (Lipinski definition) is 0. The number of carbonyl (C=O) groups is 1. The van der Waals surface area contributed by atoms with E-state index in [1.54, 1.807) is 0 Å². The second-order valence-electron chi connectivity index (χ2n) is 4.06. The Morgan fingerprint density at radius 3 is 3.09 bits per heavy atom. The average molecular weight is 154 g/mol. The molecule has 0 aromatic carbocycles. The summed E-state index contributed by atoms with van der Waals surface area (Å²) < 4.78 is 5.23. The van der Waals surface area contributed by atoms with Gasteiger partial charge in [0.2, 0.25) is 0 Å². The molecule has 1 aliphatic carbocycles. The fourth-order valence-corrected chi connectivity index (χ4v) is 2.30. The molecule has 0 spiro atoms. The van der Waals surface area contributed by atoms with Crippen LogP contribution < -0.4 is 0 Å². The van der Waals surface area contributed by atoms with Crippen LogP contribution in [-0.2, 0) is 9.53 Å². The van der Waals surface area contributed by atoms with Crippen LogP contribution in [0.4, 0.5) is 0 Å². The summed E-state index contributed by atoms with van der Waals surface area (Å²) in [4.78, 5) is 11.0. The van der Waals surface area contributed by atoms with Crippen molar-refractivity contribution in [2.75, 3.05) is 0 Å². The number of esters is 1. The quantitative estimate of drug-likeness (QED) is 0.498. The molecule has 1 aliphatic heterocycles. The van der Waals surface area contributed by atoms with Crippen LogP contribution in [0, 0.1) is 5.41 Å². The summed E-state index contributed by atoms with van der Waals surface area (Å²) in [5.41, 5.74) is 0.190. The predicted molar refractivity (Wildman–Crippen MR) is 41.1 cm³/mol. The topological polar surface area (TPSA) is 26.3 Å². The van der Waals surface area contributed by atoms with Crippen molar-refractivity contribution < 1.29 is 9.53 Å². The van der Waals surface area contributed by atoms with E-state index in [4.69, 9.17) is 4.74 Å². The maximum atomic E-state index is 11.0. The SMILES string of the molecule is C[C@]12CCCC[C@@H]1OC(=O)C2. The number of carbonyl (C=O) groups excluding carboxylic acids is 1. The van der Waals surface area contributed by atoms with Gasteiger partial charge >= 0.3 is 5.97 Å². The van der Waals surface area contributed by atoms with Crippen molar-refractivity contribution in [3.63, 3.8) is 0 Å². The van der Waals surface area contributed by atoms with Crippen molar-refractivity contribution >= 4 is 5.97 Å². The zero-order valence-electron chi connectivity index (χ0n) is 6.93. The van der Waals surface area contributed by atoms with Gasteiger partial charge < -0.3 is 4.74 Å². The van der Waals surface area contributed by atoms with Gasteiger partial charge in [-0.25, -0.2) is 0 Å². The summed E-state index contributed by atoms with van der Waals surface area (Å²) in [6, 6.07) is 0. The van der Waals surface area contributed by atoms with Crippen molar-refractivity contribution in [1.82, 2.24) is 0 Å². The predicted octanol–water partition coefficient (Wildman–Crippen LogP) is 1.88. The number of hydrogen-bond acceptors (Lipinski definition) is 2. The van der Waals surface area contributed by atoms with Crippen molar-refractivity contribution in [2.24, 2.45) is 5.41 Å². The zero-order chi connectivity index (χ0) is 7.90. The van der Waals surface area contributed by atoms with E-state index in [1.807, 2.05) is 0 Å². The highest BCUT2D eigenvalue weighted by molar-refractivity contribution is 5.73. The molecule has 62 valence electrons. The van der Waals surface area contributed by atoms with E-state index in [9.17, 15) is 4.79 Å². The highest BCUT2D eigenvalue weighted by atomic mass is 16.6. The first-order valence-corrected chi connectivity index (χ1v) is 4.40. The van der Waals surface area contributed by atoms with E-state index in [1.165, 1.54) is 19.3 Å². The van der Waals surface area contributed by atoms with Crippen molar-refractivity contribution in [3.8, 4) is 0 Å². The van der Waals surface area contributed by atoms with E-state index in [0.717, 1.165) is 6.42 Å². The Balaban J connectivity index is 2.17. The largest absolute Gasteiger partial charge is 0.462 e. The first-order valence-electron chi connectivity index (χ1n) is 4.40. The van der Waals surface area contributed by atoms with Gasteiger partial charge in [0.25, 0.3) is 0 Å². The van der Waals surface area contributed by atoms with Crippen LogP contribution in [0.1, 0.15) is 39.0 Å². The first kappa shape index (κ1) is 7.14. The van der Waals surface area contributed by atoms with Gasteiger partial charge in [0, 0.05) is 5.41 Å². The summed E-state index contributed by atoms with van der Waals surface area (Å²) in [6.07, 6.45) is 5.64. The van der Waals surface area contributed by atoms with Gasteiger partial charge in [-0.05, 0) is 19.3 Å². The molecular formula is C9H14O2. The average Bonchev–Trinajstić information content (AvgIpc) is 2.22. The van der Waals surface area contributed by atoms with E-state index >= 15 is 0 Å². The third-order valence-corrected chi connectivity index (χ3v) is 3.06. The molecule has 1 saturated carbocycles. The molecular weight excluding hydrogens is 140 g/mol. The smallest absolute Gasteiger partial charge is 0.306 e. The minimum Gasteiger partial charge on any atom is -0.462 e. The van der Waals surface area contributed by atoms with Crippen molar-refractivity contribution in [1.29, 1.82) is 0 Å². The van der Waals surface area contributed by atoms with Crippen LogP contribution in [0.5, 0.6) is 0 Å². The molecule has 2 fully saturated rings. The van der Waals surface area contributed by atoms with Crippen LogP contribution in [0.25, 0.3) is 0 Å². The summed E-state index contributed by atoms with van der Waals surface area (Å²) in [5, 5.41) is 0. The Kier molecular flexibility index (Phi) is 1.44. The molecule has 0 amide bonds. The molecule has 1 heterocycles. The van der Waals surface area contributed by atoms with Gasteiger partial charge in [-0.1, -0.05) is 13.3 Å². The van der Waals surface area contributed by atoms with Gasteiger partial charge in [0.15, 0.2) is 0 Å². The van der Waals surface area contributed by atoms with Crippen molar-refractivity contribution in [3.05, 3.63) is 0 Å². The fourth-order valence-electron chi connectivity index (χ4n) is 2.30. The monoisotopic (exact) mass is 154 g/mol. The molecule has 1 saturated heterocycles. The van der Waals surface area contributed by atoms with Gasteiger partial charge in [0.1, 0.15) is 6.10 Å². The van der Waals surface area contributed by atoms with E-state index in [2.05, 4.69) is 6.92 Å². The molecule has 2 rings (SSSR count). The Hall–Kier alpha value is -0.530. The second-order valence-corrected chi connectivity index (χ2v) is 4.06. The van der Waals surface area contributed by atoms with Crippen LogP contribution >= 0.6 is 0 Å². The molecule has 0 radical (unpaired) electrons. The molecule has 0 N–H and O–H groups in total. The van der Waals surface area contributed by atoms with Gasteiger partial charge in [-0.15, -0.1) is 0 Å². The molecule has 2 aliphatic rings. The van der Waals surface area contributed by atoms with E-state index in [0.29, 0.717) is 6.42 Å². The number of fused-ring (bicyclic) bond motifs is 1. The molecule has 0 aromatic rings. The zero-order valence-corrected chi connectivity index (χ0v) is 6.93. The molecule has 11 heavy (non-hydrogen) atoms. The van der Waals surface area contributed by atoms with Gasteiger partial charge in [0.05, 0.1) is 6.42 Å². The van der Waals surface area contributed by atoms with E-state index in [-0.39, 0.29) is 17.5 Å². The highest BCUT2D eigenvalue weighted by Gasteiger charge is 2.46. The Morgan fingerprint density at radius 1 is 1.55 bits per heavy atom. The van der Waals surface area contributed by atoms with Crippen molar-refractivity contribution in [2.45, 2.75) is 45.1 Å². The van der Waals surface area contributed by atoms with Gasteiger partial charge in [-0.2, -0.15) is 0 Å². The minimum absolute atomic E-state index is 0.0133. The maximum Gasteiger partial charge on any atom is 0.306 e. The Labute approximate surface area is 66.9 Å². The molecule has 0 unspecified atom stereocenters. The fraction of sp³-hybridized carbons (Fsp3) is 0.889. The normalized spacial score (nSPS) is 43.4. The maximum absolute atomic E-state index is 11.0. The Bertz CT molecular complexity index is 188. The summed E-state index contributed by atoms with van der Waals surface area (Å²) in [5.74, 6) is 0.0133. The summed E-state index contributed by atoms with van der Waals surface area (Å²) in [7, 11) is 0. The molecule has 2 atom stereocenters. The summed E-state index contributed by atoms with van der Waals surface area (Å²) >= 11 is 0. The lowest BCUT2D eigenvalue weighted by atomic mass is 9.73. The first-order chi connectivity index (χ1) is 5.21. The summed E-state index contributed by atoms with van der Waals surface area (Å²) in [6.45, 7) is 2.18. The lowest BCUT2D eigenvalue weighted by Crippen LogP contribution is -2.30. The Morgan fingerprint density at radius 2 is 2.36 bits per heavy atom. The van der Waals surface area contributed by atoms with Crippen LogP contribution in [0.2, 0.25) is 0 Å². The molecule has 2 heteroatoms. The number of rotatable bonds is 0. The second kappa shape index (κ2) is 2.23. The number of ether oxygens (including phenoxy) is 1. The lowest BCUT2D eigenvalue weighted by Gasteiger charge is -2.32. The van der Waals surface area contributed by atoms with Crippen LogP contribution in [-0.4, -0.2) is 12.1 Å². The van der Waals surface area contributed by atoms with Gasteiger partial charge in [-0.3, -0.25) is 4.79 Å². The third-order valence-electron chi connectivity index (χ3n) is 3.06. The van der Waals surface area contributed by atoms with E-state index < -0.39 is 0 Å². The standard InChI is InChI=1S/C9H14O2/c1-9-5-3-2-4-7(9)11-8(10)6-9/h7H,2-6H2,1H3/t7-,9+/m0/s1. The minimum atomic E-state index is 0.0133. The van der Waals surface area contributed by atoms with Crippen LogP contribution in [0.15, 0.2) is 0 Å². The molecule has 0 aromatic heterocycles. The highest BCUT2D eigenvalue weighted by Crippen LogP contribution is 2.45. The van der Waals surface area contributed by atoms with Crippen LogP contribution in [0.3, 0.4) is 0 Å². The lowest BCUT2D eigenvalue weighted by molar-refractivity contribution is -0.142. The molecule has 2 nitrogen and oxygen atoms in total. The molecule has 0 bridgehead atoms. The third kappa shape index (κ3) is 1.05.